The predicted molar refractivity (Wildman–Crippen MR) is 161 cm³/mol. The minimum absolute atomic E-state index is 0.169. The second-order valence-corrected chi connectivity index (χ2v) is 11.6. The van der Waals surface area contributed by atoms with Crippen LogP contribution in [-0.2, 0) is 53.0 Å². The van der Waals surface area contributed by atoms with Crippen molar-refractivity contribution in [3.63, 3.8) is 0 Å². The third-order valence-corrected chi connectivity index (χ3v) is 8.62. The molecule has 0 amide bonds. The maximum absolute atomic E-state index is 13.6. The number of carbonyl (C=O) groups is 1. The van der Waals surface area contributed by atoms with Crippen LogP contribution in [0.15, 0.2) is 103 Å². The van der Waals surface area contributed by atoms with Crippen molar-refractivity contribution in [3.8, 4) is 0 Å². The molecular weight excluding hydrogens is 544 g/mol. The number of benzene rings is 3. The van der Waals surface area contributed by atoms with Crippen LogP contribution in [0.3, 0.4) is 0 Å². The van der Waals surface area contributed by atoms with E-state index in [2.05, 4.69) is 12.2 Å². The van der Waals surface area contributed by atoms with E-state index < -0.39 is 30.7 Å². The highest BCUT2D eigenvalue weighted by Gasteiger charge is 2.51. The van der Waals surface area contributed by atoms with Gasteiger partial charge in [-0.05, 0) is 41.4 Å². The van der Waals surface area contributed by atoms with E-state index in [1.54, 1.807) is 7.11 Å². The Morgan fingerprint density at radius 3 is 1.84 bits per heavy atom. The van der Waals surface area contributed by atoms with E-state index in [1.165, 1.54) is 0 Å². The van der Waals surface area contributed by atoms with Crippen LogP contribution in [0, 0.1) is 17.8 Å². The Hall–Kier alpha value is -3.33. The molecule has 3 aliphatic rings. The molecule has 2 aliphatic carbocycles. The molecule has 226 valence electrons. The topological polar surface area (TPSA) is 72.5 Å². The maximum atomic E-state index is 13.6. The van der Waals surface area contributed by atoms with Gasteiger partial charge in [0.1, 0.15) is 18.3 Å². The van der Waals surface area contributed by atoms with Crippen LogP contribution in [0.1, 0.15) is 29.5 Å². The van der Waals surface area contributed by atoms with Crippen LogP contribution in [0.25, 0.3) is 0 Å². The summed E-state index contributed by atoms with van der Waals surface area (Å²) in [6.45, 7) is 1.33. The fourth-order valence-electron chi connectivity index (χ4n) is 6.39. The van der Waals surface area contributed by atoms with Gasteiger partial charge >= 0.3 is 5.97 Å². The van der Waals surface area contributed by atoms with E-state index in [1.807, 2.05) is 91.0 Å². The van der Waals surface area contributed by atoms with E-state index >= 15 is 0 Å². The standard InChI is InChI=1S/C36H40O7/c1-38-36-34(43-35(37)30-20-28-17-18-29(30)19-28)33(41-23-27-15-9-4-10-16-27)32(40-22-26-13-7-3-8-14-26)31(42-36)24-39-21-25-11-5-2-6-12-25/h2-18,28-34,36H,19-24H2,1H3/t28-,29+,30-,31+,32+,33-,34-,36-/m0/s1. The lowest BCUT2D eigenvalue weighted by molar-refractivity contribution is -0.316. The molecule has 7 heteroatoms. The maximum Gasteiger partial charge on any atom is 0.310 e. The molecule has 1 saturated heterocycles. The molecule has 0 spiro atoms. The first-order valence-corrected chi connectivity index (χ1v) is 15.2. The third kappa shape index (κ3) is 7.43. The number of allylic oxidation sites excluding steroid dienone is 2. The minimum atomic E-state index is -0.847. The van der Waals surface area contributed by atoms with Crippen molar-refractivity contribution in [2.24, 2.45) is 17.8 Å². The first-order valence-electron chi connectivity index (χ1n) is 15.2. The van der Waals surface area contributed by atoms with Gasteiger partial charge in [0.25, 0.3) is 0 Å². The summed E-state index contributed by atoms with van der Waals surface area (Å²) >= 11 is 0. The molecule has 1 saturated carbocycles. The Bertz CT molecular complexity index is 1320. The van der Waals surface area contributed by atoms with Crippen molar-refractivity contribution >= 4 is 5.97 Å². The van der Waals surface area contributed by atoms with E-state index in [4.69, 9.17) is 28.4 Å². The van der Waals surface area contributed by atoms with Crippen molar-refractivity contribution in [2.45, 2.75) is 63.4 Å². The number of hydrogen-bond acceptors (Lipinski definition) is 7. The molecule has 1 heterocycles. The third-order valence-electron chi connectivity index (χ3n) is 8.62. The van der Waals surface area contributed by atoms with Gasteiger partial charge in [0, 0.05) is 7.11 Å². The van der Waals surface area contributed by atoms with Gasteiger partial charge in [-0.25, -0.2) is 0 Å². The highest BCUT2D eigenvalue weighted by atomic mass is 16.7. The number of carbonyl (C=O) groups excluding carboxylic acids is 1. The van der Waals surface area contributed by atoms with Crippen LogP contribution in [-0.4, -0.2) is 50.4 Å². The van der Waals surface area contributed by atoms with Gasteiger partial charge in [0.15, 0.2) is 12.4 Å². The van der Waals surface area contributed by atoms with Gasteiger partial charge in [-0.3, -0.25) is 4.79 Å². The van der Waals surface area contributed by atoms with Crippen LogP contribution >= 0.6 is 0 Å². The van der Waals surface area contributed by atoms with Crippen molar-refractivity contribution in [1.82, 2.24) is 0 Å². The lowest BCUT2D eigenvalue weighted by Crippen LogP contribution is -2.62. The normalized spacial score (nSPS) is 29.5. The zero-order valence-corrected chi connectivity index (χ0v) is 24.5. The van der Waals surface area contributed by atoms with Crippen LogP contribution in [0.4, 0.5) is 0 Å². The van der Waals surface area contributed by atoms with Gasteiger partial charge in [-0.2, -0.15) is 0 Å². The first-order chi connectivity index (χ1) is 21.2. The summed E-state index contributed by atoms with van der Waals surface area (Å²) in [4.78, 5) is 13.6. The smallest absolute Gasteiger partial charge is 0.310 e. The fraction of sp³-hybridized carbons (Fsp3) is 0.417. The van der Waals surface area contributed by atoms with Gasteiger partial charge in [-0.15, -0.1) is 0 Å². The Balaban J connectivity index is 1.25. The average molecular weight is 585 g/mol. The summed E-state index contributed by atoms with van der Waals surface area (Å²) in [5, 5.41) is 0. The number of fused-ring (bicyclic) bond motifs is 2. The van der Waals surface area contributed by atoms with Crippen LogP contribution < -0.4 is 0 Å². The summed E-state index contributed by atoms with van der Waals surface area (Å²) in [6.07, 6.45) is 2.73. The number of rotatable bonds is 13. The zero-order valence-electron chi connectivity index (χ0n) is 24.5. The van der Waals surface area contributed by atoms with Crippen LogP contribution in [0.5, 0.6) is 0 Å². The first kappa shape index (κ1) is 29.7. The van der Waals surface area contributed by atoms with E-state index in [0.717, 1.165) is 29.5 Å². The monoisotopic (exact) mass is 584 g/mol. The SMILES string of the molecule is CO[C@H]1O[C@H](COCc2ccccc2)[C@@H](OCc2ccccc2)[C@H](OCc2ccccc2)[C@@H]1OC(=O)[C@H]1C[C@H]2C=C[C@@H]1C2. The molecule has 3 aromatic carbocycles. The molecule has 6 rings (SSSR count). The summed E-state index contributed by atoms with van der Waals surface area (Å²) in [7, 11) is 1.56. The lowest BCUT2D eigenvalue weighted by atomic mass is 9.93. The quantitative estimate of drug-likeness (QED) is 0.184. The molecule has 0 aromatic heterocycles. The molecule has 0 radical (unpaired) electrons. The molecule has 2 fully saturated rings. The molecular formula is C36H40O7. The number of methoxy groups -OCH3 is 1. The molecule has 2 bridgehead atoms. The molecule has 1 aliphatic heterocycles. The fourth-order valence-corrected chi connectivity index (χ4v) is 6.39. The molecule has 8 atom stereocenters. The Morgan fingerprint density at radius 1 is 0.721 bits per heavy atom. The zero-order chi connectivity index (χ0) is 29.4. The van der Waals surface area contributed by atoms with Crippen molar-refractivity contribution in [3.05, 3.63) is 120 Å². The lowest BCUT2D eigenvalue weighted by Gasteiger charge is -2.45. The van der Waals surface area contributed by atoms with Gasteiger partial charge < -0.3 is 28.4 Å². The molecule has 0 N–H and O–H groups in total. The highest BCUT2D eigenvalue weighted by molar-refractivity contribution is 5.74. The second kappa shape index (κ2) is 14.4. The second-order valence-electron chi connectivity index (χ2n) is 11.6. The van der Waals surface area contributed by atoms with Gasteiger partial charge in [0.2, 0.25) is 0 Å². The van der Waals surface area contributed by atoms with E-state index in [-0.39, 0.29) is 24.4 Å². The molecule has 7 nitrogen and oxygen atoms in total. The van der Waals surface area contributed by atoms with E-state index in [9.17, 15) is 4.79 Å². The van der Waals surface area contributed by atoms with Crippen LogP contribution in [0.2, 0.25) is 0 Å². The molecule has 43 heavy (non-hydrogen) atoms. The van der Waals surface area contributed by atoms with E-state index in [0.29, 0.717) is 25.7 Å². The minimum Gasteiger partial charge on any atom is -0.454 e. The Labute approximate surface area is 253 Å². The Morgan fingerprint density at radius 2 is 1.30 bits per heavy atom. The average Bonchev–Trinajstić information content (AvgIpc) is 3.70. The Kier molecular flexibility index (Phi) is 9.98. The largest absolute Gasteiger partial charge is 0.454 e. The summed E-state index contributed by atoms with van der Waals surface area (Å²) < 4.78 is 37.9. The van der Waals surface area contributed by atoms with Gasteiger partial charge in [-0.1, -0.05) is 103 Å². The molecule has 0 unspecified atom stereocenters. The summed E-state index contributed by atoms with van der Waals surface area (Å²) in [5.74, 6) is 0.261. The number of hydrogen-bond donors (Lipinski definition) is 0. The highest BCUT2D eigenvalue weighted by Crippen LogP contribution is 2.44. The van der Waals surface area contributed by atoms with Crippen molar-refractivity contribution in [1.29, 1.82) is 0 Å². The predicted octanol–water partition coefficient (Wildman–Crippen LogP) is 5.87. The van der Waals surface area contributed by atoms with Crippen molar-refractivity contribution < 1.29 is 33.2 Å². The molecule has 3 aromatic rings. The summed E-state index contributed by atoms with van der Waals surface area (Å²) in [5.41, 5.74) is 3.08. The number of esters is 1. The number of ether oxygens (including phenoxy) is 6. The van der Waals surface area contributed by atoms with Gasteiger partial charge in [0.05, 0.1) is 32.3 Å². The van der Waals surface area contributed by atoms with Crippen molar-refractivity contribution in [2.75, 3.05) is 13.7 Å². The summed E-state index contributed by atoms with van der Waals surface area (Å²) in [6, 6.07) is 29.9.